The highest BCUT2D eigenvalue weighted by atomic mass is 35.5. The van der Waals surface area contributed by atoms with E-state index in [1.807, 2.05) is 55.5 Å². The van der Waals surface area contributed by atoms with Crippen molar-refractivity contribution in [3.63, 3.8) is 0 Å². The van der Waals surface area contributed by atoms with Crippen molar-refractivity contribution in [2.75, 3.05) is 24.3 Å². The maximum Gasteiger partial charge on any atom is 0.245 e. The Hall–Kier alpha value is -2.83. The van der Waals surface area contributed by atoms with Gasteiger partial charge < -0.3 is 10.2 Å². The molecule has 30 heavy (non-hydrogen) atoms. The Balaban J connectivity index is 1.92. The van der Waals surface area contributed by atoms with Gasteiger partial charge >= 0.3 is 0 Å². The number of carbonyl (C=O) groups excluding carboxylic acids is 2. The summed E-state index contributed by atoms with van der Waals surface area (Å²) in [5, 5.41) is 8.01. The van der Waals surface area contributed by atoms with E-state index < -0.39 is 0 Å². The SMILES string of the molecule is CCCN(CC(=O)Nc1cc(-c2ccccc2)nn1-c1ccccc1Cl)C(=O)CCl. The molecule has 0 aliphatic carbocycles. The van der Waals surface area contributed by atoms with Crippen LogP contribution >= 0.6 is 23.2 Å². The number of benzene rings is 2. The molecular formula is C22H22Cl2N4O2. The second-order valence-electron chi connectivity index (χ2n) is 6.64. The molecule has 6 nitrogen and oxygen atoms in total. The largest absolute Gasteiger partial charge is 0.332 e. The monoisotopic (exact) mass is 444 g/mol. The van der Waals surface area contributed by atoms with Crippen molar-refractivity contribution in [1.29, 1.82) is 0 Å². The minimum Gasteiger partial charge on any atom is -0.332 e. The van der Waals surface area contributed by atoms with Crippen molar-refractivity contribution < 1.29 is 9.59 Å². The summed E-state index contributed by atoms with van der Waals surface area (Å²) < 4.78 is 1.59. The lowest BCUT2D eigenvalue weighted by molar-refractivity contribution is -0.132. The summed E-state index contributed by atoms with van der Waals surface area (Å²) in [5.74, 6) is -0.321. The fraction of sp³-hybridized carbons (Fsp3) is 0.227. The third kappa shape index (κ3) is 5.20. The zero-order valence-electron chi connectivity index (χ0n) is 16.5. The summed E-state index contributed by atoms with van der Waals surface area (Å²) in [6.45, 7) is 2.30. The fourth-order valence-electron chi connectivity index (χ4n) is 3.03. The van der Waals surface area contributed by atoms with Crippen molar-refractivity contribution in [2.45, 2.75) is 13.3 Å². The fourth-order valence-corrected chi connectivity index (χ4v) is 3.41. The first kappa shape index (κ1) is 21.9. The van der Waals surface area contributed by atoms with Gasteiger partial charge in [0.05, 0.1) is 22.9 Å². The van der Waals surface area contributed by atoms with Crippen molar-refractivity contribution in [3.05, 3.63) is 65.7 Å². The molecule has 0 saturated heterocycles. The van der Waals surface area contributed by atoms with E-state index in [4.69, 9.17) is 23.2 Å². The van der Waals surface area contributed by atoms with Crippen LogP contribution in [0.1, 0.15) is 13.3 Å². The van der Waals surface area contributed by atoms with E-state index in [0.29, 0.717) is 28.8 Å². The summed E-state index contributed by atoms with van der Waals surface area (Å²) in [6, 6.07) is 18.7. The third-order valence-electron chi connectivity index (χ3n) is 4.42. The summed E-state index contributed by atoms with van der Waals surface area (Å²) in [6.07, 6.45) is 0.728. The number of nitrogens with one attached hydrogen (secondary N) is 1. The molecule has 0 fully saturated rings. The van der Waals surface area contributed by atoms with Gasteiger partial charge in [-0.1, -0.05) is 61.0 Å². The van der Waals surface area contributed by atoms with Gasteiger partial charge in [0.25, 0.3) is 0 Å². The van der Waals surface area contributed by atoms with Crippen LogP contribution in [0.3, 0.4) is 0 Å². The molecule has 0 saturated carbocycles. The van der Waals surface area contributed by atoms with Gasteiger partial charge in [-0.2, -0.15) is 5.10 Å². The predicted molar refractivity (Wildman–Crippen MR) is 120 cm³/mol. The van der Waals surface area contributed by atoms with Crippen LogP contribution in [0.15, 0.2) is 60.7 Å². The van der Waals surface area contributed by atoms with Gasteiger partial charge in [-0.25, -0.2) is 4.68 Å². The van der Waals surface area contributed by atoms with Gasteiger partial charge in [-0.3, -0.25) is 9.59 Å². The molecule has 2 amide bonds. The molecule has 0 spiro atoms. The summed E-state index contributed by atoms with van der Waals surface area (Å²) in [4.78, 5) is 26.1. The van der Waals surface area contributed by atoms with E-state index in [1.54, 1.807) is 16.8 Å². The van der Waals surface area contributed by atoms with Crippen LogP contribution in [-0.2, 0) is 9.59 Å². The Labute approximate surface area is 185 Å². The molecule has 0 unspecified atom stereocenters. The number of aromatic nitrogens is 2. The lowest BCUT2D eigenvalue weighted by atomic mass is 10.1. The lowest BCUT2D eigenvalue weighted by Crippen LogP contribution is -2.39. The van der Waals surface area contributed by atoms with Crippen molar-refractivity contribution in [3.8, 4) is 16.9 Å². The highest BCUT2D eigenvalue weighted by molar-refractivity contribution is 6.32. The molecule has 1 aromatic heterocycles. The second-order valence-corrected chi connectivity index (χ2v) is 7.32. The molecule has 0 bridgehead atoms. The number of hydrogen-bond acceptors (Lipinski definition) is 3. The van der Waals surface area contributed by atoms with Crippen LogP contribution in [0.5, 0.6) is 0 Å². The molecule has 3 rings (SSSR count). The van der Waals surface area contributed by atoms with Crippen LogP contribution in [0.4, 0.5) is 5.82 Å². The highest BCUT2D eigenvalue weighted by Crippen LogP contribution is 2.28. The van der Waals surface area contributed by atoms with Gasteiger partial charge in [0, 0.05) is 18.2 Å². The lowest BCUT2D eigenvalue weighted by Gasteiger charge is -2.20. The molecule has 1 N–H and O–H groups in total. The van der Waals surface area contributed by atoms with Gasteiger partial charge in [0.1, 0.15) is 11.7 Å². The molecule has 1 heterocycles. The van der Waals surface area contributed by atoms with Crippen LogP contribution in [0, 0.1) is 0 Å². The first-order valence-corrected chi connectivity index (χ1v) is 10.5. The molecule has 0 atom stereocenters. The van der Waals surface area contributed by atoms with Gasteiger partial charge in [0.15, 0.2) is 0 Å². The minimum absolute atomic E-state index is 0.0895. The molecule has 0 radical (unpaired) electrons. The Kier molecular flexibility index (Phi) is 7.49. The quantitative estimate of drug-likeness (QED) is 0.515. The van der Waals surface area contributed by atoms with Crippen LogP contribution in [0.25, 0.3) is 16.9 Å². The number of halogens is 2. The number of carbonyl (C=O) groups is 2. The molecule has 0 aliphatic heterocycles. The van der Waals surface area contributed by atoms with Crippen molar-refractivity contribution in [2.24, 2.45) is 0 Å². The molecule has 0 aliphatic rings. The van der Waals surface area contributed by atoms with E-state index in [-0.39, 0.29) is 24.2 Å². The number of anilines is 1. The van der Waals surface area contributed by atoms with Crippen LogP contribution in [0.2, 0.25) is 5.02 Å². The second kappa shape index (κ2) is 10.3. The van der Waals surface area contributed by atoms with Crippen LogP contribution < -0.4 is 5.32 Å². The average Bonchev–Trinajstić information content (AvgIpc) is 3.17. The highest BCUT2D eigenvalue weighted by Gasteiger charge is 2.19. The van der Waals surface area contributed by atoms with Gasteiger partial charge in [-0.15, -0.1) is 11.6 Å². The number of rotatable bonds is 8. The maximum absolute atomic E-state index is 12.7. The summed E-state index contributed by atoms with van der Waals surface area (Å²) in [5.41, 5.74) is 2.23. The zero-order chi connectivity index (χ0) is 21.5. The van der Waals surface area contributed by atoms with E-state index in [1.165, 1.54) is 4.90 Å². The summed E-state index contributed by atoms with van der Waals surface area (Å²) in [7, 11) is 0. The standard InChI is InChI=1S/C22H22Cl2N4O2/c1-2-12-27(22(30)14-23)15-21(29)25-20-13-18(16-8-4-3-5-9-16)26-28(20)19-11-7-6-10-17(19)24/h3-11,13H,2,12,14-15H2,1H3,(H,25,29). The van der Waals surface area contributed by atoms with E-state index in [0.717, 1.165) is 12.0 Å². The third-order valence-corrected chi connectivity index (χ3v) is 4.97. The number of alkyl halides is 1. The maximum atomic E-state index is 12.7. The van der Waals surface area contributed by atoms with E-state index in [2.05, 4.69) is 10.4 Å². The van der Waals surface area contributed by atoms with Crippen molar-refractivity contribution in [1.82, 2.24) is 14.7 Å². The van der Waals surface area contributed by atoms with Crippen LogP contribution in [-0.4, -0.2) is 45.5 Å². The molecular weight excluding hydrogens is 423 g/mol. The number of hydrogen-bond donors (Lipinski definition) is 1. The minimum atomic E-state index is -0.338. The average molecular weight is 445 g/mol. The predicted octanol–water partition coefficient (Wildman–Crippen LogP) is 4.61. The Bertz CT molecular complexity index is 1020. The molecule has 156 valence electrons. The first-order chi connectivity index (χ1) is 14.5. The molecule has 3 aromatic rings. The van der Waals surface area contributed by atoms with E-state index >= 15 is 0 Å². The van der Waals surface area contributed by atoms with Gasteiger partial charge in [0.2, 0.25) is 11.8 Å². The van der Waals surface area contributed by atoms with Gasteiger partial charge in [-0.05, 0) is 18.6 Å². The smallest absolute Gasteiger partial charge is 0.245 e. The molecule has 2 aromatic carbocycles. The first-order valence-electron chi connectivity index (χ1n) is 9.57. The summed E-state index contributed by atoms with van der Waals surface area (Å²) >= 11 is 12.0. The number of nitrogens with zero attached hydrogens (tertiary/aromatic N) is 3. The Morgan fingerprint density at radius 2 is 1.80 bits per heavy atom. The normalized spacial score (nSPS) is 10.6. The van der Waals surface area contributed by atoms with E-state index in [9.17, 15) is 9.59 Å². The Morgan fingerprint density at radius 3 is 2.47 bits per heavy atom. The zero-order valence-corrected chi connectivity index (χ0v) is 18.0. The molecule has 8 heteroatoms. The topological polar surface area (TPSA) is 67.2 Å². The number of para-hydroxylation sites is 1. The Morgan fingerprint density at radius 1 is 1.10 bits per heavy atom. The van der Waals surface area contributed by atoms with Crippen molar-refractivity contribution >= 4 is 40.8 Å². The number of amides is 2.